The van der Waals surface area contributed by atoms with E-state index >= 15 is 0 Å². The number of methoxy groups -OCH3 is 1. The van der Waals surface area contributed by atoms with Crippen molar-refractivity contribution in [2.75, 3.05) is 19.3 Å². The number of hydrogen-bond donors (Lipinski definition) is 1. The third kappa shape index (κ3) is 3.49. The Morgan fingerprint density at radius 2 is 1.75 bits per heavy atom. The molecule has 1 unspecified atom stereocenters. The van der Waals surface area contributed by atoms with Crippen LogP contribution in [0.15, 0.2) is 54.6 Å². The van der Waals surface area contributed by atoms with E-state index in [4.69, 9.17) is 9.57 Å². The van der Waals surface area contributed by atoms with Gasteiger partial charge >= 0.3 is 6.09 Å². The second kappa shape index (κ2) is 8.24. The number of aliphatic hydroxyl groups excluding tert-OH is 1. The highest BCUT2D eigenvalue weighted by Gasteiger charge is 2.27. The Kier molecular flexibility index (Phi) is 5.77. The number of para-hydroxylation sites is 1. The van der Waals surface area contributed by atoms with Crippen molar-refractivity contribution in [3.63, 3.8) is 0 Å². The van der Waals surface area contributed by atoms with E-state index in [-0.39, 0.29) is 0 Å². The standard InChI is InChI=1S/C21H23N3O4/c1-14-18(22-23(2)19(14)15-10-6-5-7-11-15)20(25)16-12-8-9-13-17(16)24(28-4)21(26)27-3/h5-13,20,25H,1-4H3. The fourth-order valence-corrected chi connectivity index (χ4v) is 3.31. The molecule has 0 fully saturated rings. The van der Waals surface area contributed by atoms with Gasteiger partial charge in [0.2, 0.25) is 0 Å². The quantitative estimate of drug-likeness (QED) is 0.683. The van der Waals surface area contributed by atoms with Gasteiger partial charge in [-0.3, -0.25) is 9.52 Å². The summed E-state index contributed by atoms with van der Waals surface area (Å²) in [7, 11) is 4.47. The third-order valence-electron chi connectivity index (χ3n) is 4.60. The van der Waals surface area contributed by atoms with Gasteiger partial charge in [0.1, 0.15) is 6.10 Å². The molecule has 7 nitrogen and oxygen atoms in total. The molecular formula is C21H23N3O4. The van der Waals surface area contributed by atoms with E-state index in [1.807, 2.05) is 44.3 Å². The highest BCUT2D eigenvalue weighted by atomic mass is 16.7. The molecule has 3 aromatic rings. The molecule has 0 aliphatic carbocycles. The molecule has 0 saturated heterocycles. The second-order valence-electron chi connectivity index (χ2n) is 6.26. The molecule has 0 bridgehead atoms. The smallest absolute Gasteiger partial charge is 0.438 e. The summed E-state index contributed by atoms with van der Waals surface area (Å²) in [4.78, 5) is 17.2. The van der Waals surface area contributed by atoms with Crippen molar-refractivity contribution in [3.05, 3.63) is 71.4 Å². The van der Waals surface area contributed by atoms with Crippen LogP contribution < -0.4 is 5.06 Å². The van der Waals surface area contributed by atoms with E-state index in [0.717, 1.165) is 21.9 Å². The highest BCUT2D eigenvalue weighted by Crippen LogP contribution is 2.35. The summed E-state index contributed by atoms with van der Waals surface area (Å²) in [6, 6.07) is 16.8. The molecule has 1 heterocycles. The van der Waals surface area contributed by atoms with Crippen LogP contribution in [0.1, 0.15) is 22.9 Å². The Bertz CT molecular complexity index is 969. The highest BCUT2D eigenvalue weighted by molar-refractivity contribution is 5.86. The molecule has 1 N–H and O–H groups in total. The van der Waals surface area contributed by atoms with Crippen LogP contribution in [-0.4, -0.2) is 35.2 Å². The number of nitrogens with zero attached hydrogens (tertiary/aromatic N) is 3. The van der Waals surface area contributed by atoms with Gasteiger partial charge in [-0.1, -0.05) is 48.5 Å². The Labute approximate surface area is 163 Å². The average molecular weight is 381 g/mol. The van der Waals surface area contributed by atoms with Crippen LogP contribution in [-0.2, 0) is 16.6 Å². The largest absolute Gasteiger partial charge is 0.451 e. The first-order chi connectivity index (χ1) is 13.5. The number of hydroxylamine groups is 1. The fraction of sp³-hybridized carbons (Fsp3) is 0.238. The zero-order valence-electron chi connectivity index (χ0n) is 16.3. The Morgan fingerprint density at radius 1 is 1.11 bits per heavy atom. The lowest BCUT2D eigenvalue weighted by Gasteiger charge is -2.22. The van der Waals surface area contributed by atoms with E-state index < -0.39 is 12.2 Å². The van der Waals surface area contributed by atoms with Crippen molar-refractivity contribution in [1.82, 2.24) is 9.78 Å². The number of ether oxygens (including phenoxy) is 1. The van der Waals surface area contributed by atoms with Crippen LogP contribution in [0.2, 0.25) is 0 Å². The molecule has 0 aliphatic rings. The van der Waals surface area contributed by atoms with Crippen molar-refractivity contribution >= 4 is 11.8 Å². The summed E-state index contributed by atoms with van der Waals surface area (Å²) in [5.74, 6) is 0. The lowest BCUT2D eigenvalue weighted by molar-refractivity contribution is 0.114. The first kappa shape index (κ1) is 19.6. The van der Waals surface area contributed by atoms with E-state index in [1.165, 1.54) is 14.2 Å². The summed E-state index contributed by atoms with van der Waals surface area (Å²) in [5.41, 5.74) is 4.16. The molecule has 0 radical (unpaired) electrons. The van der Waals surface area contributed by atoms with Crippen molar-refractivity contribution in [2.45, 2.75) is 13.0 Å². The van der Waals surface area contributed by atoms with Gasteiger partial charge in [-0.05, 0) is 13.0 Å². The molecule has 0 spiro atoms. The van der Waals surface area contributed by atoms with Gasteiger partial charge in [0.25, 0.3) is 0 Å². The third-order valence-corrected chi connectivity index (χ3v) is 4.60. The Morgan fingerprint density at radius 3 is 2.39 bits per heavy atom. The lowest BCUT2D eigenvalue weighted by Crippen LogP contribution is -2.30. The molecule has 1 atom stereocenters. The number of benzene rings is 2. The maximum Gasteiger partial charge on any atom is 0.438 e. The summed E-state index contributed by atoms with van der Waals surface area (Å²) in [6.07, 6.45) is -1.74. The number of aromatic nitrogens is 2. The van der Waals surface area contributed by atoms with E-state index in [2.05, 4.69) is 5.10 Å². The van der Waals surface area contributed by atoms with Gasteiger partial charge < -0.3 is 9.84 Å². The van der Waals surface area contributed by atoms with Gasteiger partial charge in [0.05, 0.1) is 31.3 Å². The van der Waals surface area contributed by atoms with Crippen LogP contribution in [0, 0.1) is 6.92 Å². The zero-order chi connectivity index (χ0) is 20.3. The molecule has 0 saturated carbocycles. The minimum Gasteiger partial charge on any atom is -0.451 e. The molecule has 3 rings (SSSR count). The van der Waals surface area contributed by atoms with E-state index in [0.29, 0.717) is 16.9 Å². The number of amides is 1. The lowest BCUT2D eigenvalue weighted by atomic mass is 9.99. The van der Waals surface area contributed by atoms with Crippen molar-refractivity contribution in [2.24, 2.45) is 7.05 Å². The maximum absolute atomic E-state index is 12.0. The van der Waals surface area contributed by atoms with Crippen LogP contribution in [0.4, 0.5) is 10.5 Å². The predicted molar refractivity (Wildman–Crippen MR) is 106 cm³/mol. The van der Waals surface area contributed by atoms with Crippen LogP contribution in [0.5, 0.6) is 0 Å². The van der Waals surface area contributed by atoms with Gasteiger partial charge in [-0.15, -0.1) is 0 Å². The number of carbonyl (C=O) groups excluding carboxylic acids is 1. The Balaban J connectivity index is 2.07. The molecule has 7 heteroatoms. The first-order valence-electron chi connectivity index (χ1n) is 8.77. The first-order valence-corrected chi connectivity index (χ1v) is 8.77. The van der Waals surface area contributed by atoms with Crippen LogP contribution in [0.3, 0.4) is 0 Å². The topological polar surface area (TPSA) is 76.8 Å². The van der Waals surface area contributed by atoms with E-state index in [1.54, 1.807) is 28.9 Å². The van der Waals surface area contributed by atoms with Gasteiger partial charge in [0.15, 0.2) is 0 Å². The number of aryl methyl sites for hydroxylation is 1. The normalized spacial score (nSPS) is 11.9. The van der Waals surface area contributed by atoms with Gasteiger partial charge in [-0.25, -0.2) is 4.79 Å². The SMILES string of the molecule is COC(=O)N(OC)c1ccccc1C(O)c1nn(C)c(-c2ccccc2)c1C. The maximum atomic E-state index is 12.0. The van der Waals surface area contributed by atoms with Crippen molar-refractivity contribution < 1.29 is 19.5 Å². The van der Waals surface area contributed by atoms with Gasteiger partial charge in [0, 0.05) is 23.7 Å². The van der Waals surface area contributed by atoms with Crippen molar-refractivity contribution in [1.29, 1.82) is 0 Å². The number of hydrogen-bond acceptors (Lipinski definition) is 5. The second-order valence-corrected chi connectivity index (χ2v) is 6.26. The van der Waals surface area contributed by atoms with Crippen LogP contribution in [0.25, 0.3) is 11.3 Å². The minimum atomic E-state index is -1.05. The Hall–Kier alpha value is -3.16. The number of carbonyl (C=O) groups is 1. The van der Waals surface area contributed by atoms with Crippen molar-refractivity contribution in [3.8, 4) is 11.3 Å². The molecular weight excluding hydrogens is 358 g/mol. The van der Waals surface area contributed by atoms with Crippen LogP contribution >= 0.6 is 0 Å². The summed E-state index contributed by atoms with van der Waals surface area (Å²) in [5, 5.41) is 16.7. The summed E-state index contributed by atoms with van der Waals surface area (Å²) in [6.45, 7) is 1.92. The monoisotopic (exact) mass is 381 g/mol. The van der Waals surface area contributed by atoms with E-state index in [9.17, 15) is 9.90 Å². The molecule has 0 aliphatic heterocycles. The average Bonchev–Trinajstić information content (AvgIpc) is 3.02. The molecule has 1 amide bonds. The molecule has 1 aromatic heterocycles. The zero-order valence-corrected chi connectivity index (χ0v) is 16.3. The summed E-state index contributed by atoms with van der Waals surface area (Å²) >= 11 is 0. The van der Waals surface area contributed by atoms with Gasteiger partial charge in [-0.2, -0.15) is 10.2 Å². The number of aliphatic hydroxyl groups is 1. The molecule has 28 heavy (non-hydrogen) atoms. The molecule has 2 aromatic carbocycles. The fourth-order valence-electron chi connectivity index (χ4n) is 3.31. The predicted octanol–water partition coefficient (Wildman–Crippen LogP) is 3.61. The summed E-state index contributed by atoms with van der Waals surface area (Å²) < 4.78 is 6.51. The minimum absolute atomic E-state index is 0.385. The number of anilines is 1. The molecule has 146 valence electrons. The number of rotatable bonds is 5.